The Morgan fingerprint density at radius 2 is 2.07 bits per heavy atom. The van der Waals surface area contributed by atoms with Crippen LogP contribution in [0.5, 0.6) is 11.5 Å². The summed E-state index contributed by atoms with van der Waals surface area (Å²) < 4.78 is 10.0. The van der Waals surface area contributed by atoms with E-state index in [9.17, 15) is 4.79 Å². The molecule has 0 amide bonds. The zero-order chi connectivity index (χ0) is 11.4. The molecule has 0 fully saturated rings. The van der Waals surface area contributed by atoms with E-state index >= 15 is 0 Å². The Bertz CT molecular complexity index is 376. The van der Waals surface area contributed by atoms with Crippen molar-refractivity contribution in [2.24, 2.45) is 0 Å². The molecule has 1 aromatic carbocycles. The summed E-state index contributed by atoms with van der Waals surface area (Å²) in [6.45, 7) is 0. The van der Waals surface area contributed by atoms with Crippen molar-refractivity contribution in [1.82, 2.24) is 0 Å². The second kappa shape index (κ2) is 4.89. The van der Waals surface area contributed by atoms with E-state index in [1.807, 2.05) is 0 Å². The van der Waals surface area contributed by atoms with E-state index in [1.54, 1.807) is 12.1 Å². The van der Waals surface area contributed by atoms with Gasteiger partial charge in [-0.2, -0.15) is 0 Å². The molecule has 0 aliphatic heterocycles. The molecule has 82 valence electrons. The number of carbonyl (C=O) groups is 1. The van der Waals surface area contributed by atoms with Gasteiger partial charge >= 0.3 is 5.97 Å². The smallest absolute Gasteiger partial charge is 0.308 e. The van der Waals surface area contributed by atoms with Gasteiger partial charge in [0.15, 0.2) is 0 Å². The van der Waals surface area contributed by atoms with Crippen molar-refractivity contribution < 1.29 is 19.4 Å². The normalized spacial score (nSPS) is 9.80. The van der Waals surface area contributed by atoms with Gasteiger partial charge in [-0.1, -0.05) is 11.6 Å². The van der Waals surface area contributed by atoms with Crippen LogP contribution in [0.15, 0.2) is 12.1 Å². The second-order valence-corrected chi connectivity index (χ2v) is 3.27. The maximum absolute atomic E-state index is 10.6. The number of carboxylic acid groups (broad SMARTS) is 1. The fraction of sp³-hybridized carbons (Fsp3) is 0.300. The lowest BCUT2D eigenvalue weighted by Crippen LogP contribution is -2.03. The maximum atomic E-state index is 10.6. The molecule has 1 rings (SSSR count). The van der Waals surface area contributed by atoms with Crippen LogP contribution in [0.1, 0.15) is 5.56 Å². The third kappa shape index (κ3) is 2.76. The Morgan fingerprint density at radius 3 is 2.53 bits per heavy atom. The highest BCUT2D eigenvalue weighted by Gasteiger charge is 2.13. The molecule has 5 heteroatoms. The van der Waals surface area contributed by atoms with Crippen LogP contribution in [0.2, 0.25) is 5.02 Å². The number of hydrogen-bond donors (Lipinski definition) is 1. The summed E-state index contributed by atoms with van der Waals surface area (Å²) in [5.74, 6) is -0.00638. The summed E-state index contributed by atoms with van der Waals surface area (Å²) in [5, 5.41) is 9.02. The van der Waals surface area contributed by atoms with Crippen LogP contribution in [0, 0.1) is 0 Å². The average Bonchev–Trinajstić information content (AvgIpc) is 2.20. The number of methoxy groups -OCH3 is 2. The highest BCUT2D eigenvalue weighted by Crippen LogP contribution is 2.32. The molecule has 0 saturated carbocycles. The lowest BCUT2D eigenvalue weighted by atomic mass is 10.1. The zero-order valence-corrected chi connectivity index (χ0v) is 9.17. The van der Waals surface area contributed by atoms with Crippen molar-refractivity contribution in [2.45, 2.75) is 6.42 Å². The molecule has 15 heavy (non-hydrogen) atoms. The van der Waals surface area contributed by atoms with Crippen LogP contribution in [0.3, 0.4) is 0 Å². The third-order valence-corrected chi connectivity index (χ3v) is 2.25. The number of hydrogen-bond acceptors (Lipinski definition) is 3. The first-order valence-electron chi connectivity index (χ1n) is 4.20. The Kier molecular flexibility index (Phi) is 3.80. The molecule has 0 aliphatic rings. The summed E-state index contributed by atoms with van der Waals surface area (Å²) in [6.07, 6.45) is -0.175. The molecule has 0 heterocycles. The predicted molar refractivity (Wildman–Crippen MR) is 55.9 cm³/mol. The number of benzene rings is 1. The Hall–Kier alpha value is -1.42. The number of carboxylic acids is 1. The van der Waals surface area contributed by atoms with Gasteiger partial charge in [0, 0.05) is 11.6 Å². The minimum Gasteiger partial charge on any atom is -0.497 e. The SMILES string of the molecule is COc1cc(Cl)c(CC(=O)O)c(OC)c1. The lowest BCUT2D eigenvalue weighted by molar-refractivity contribution is -0.136. The maximum Gasteiger partial charge on any atom is 0.308 e. The van der Waals surface area contributed by atoms with Crippen molar-refractivity contribution in [1.29, 1.82) is 0 Å². The van der Waals surface area contributed by atoms with Gasteiger partial charge in [0.05, 0.1) is 25.7 Å². The number of rotatable bonds is 4. The average molecular weight is 231 g/mol. The van der Waals surface area contributed by atoms with Gasteiger partial charge in [-0.15, -0.1) is 0 Å². The molecule has 0 bridgehead atoms. The number of ether oxygens (including phenoxy) is 2. The zero-order valence-electron chi connectivity index (χ0n) is 8.41. The fourth-order valence-electron chi connectivity index (χ4n) is 1.21. The Labute approximate surface area is 92.4 Å². The lowest BCUT2D eigenvalue weighted by Gasteiger charge is -2.10. The van der Waals surface area contributed by atoms with Gasteiger partial charge in [-0.25, -0.2) is 0 Å². The van der Waals surface area contributed by atoms with E-state index in [2.05, 4.69) is 0 Å². The summed E-state index contributed by atoms with van der Waals surface area (Å²) in [6, 6.07) is 3.16. The molecule has 0 aliphatic carbocycles. The van der Waals surface area contributed by atoms with Crippen molar-refractivity contribution in [3.63, 3.8) is 0 Å². The molecule has 0 saturated heterocycles. The molecule has 1 aromatic rings. The van der Waals surface area contributed by atoms with Crippen molar-refractivity contribution in [3.8, 4) is 11.5 Å². The van der Waals surface area contributed by atoms with Crippen molar-refractivity contribution in [3.05, 3.63) is 22.7 Å². The largest absolute Gasteiger partial charge is 0.497 e. The van der Waals surface area contributed by atoms with E-state index < -0.39 is 5.97 Å². The minimum atomic E-state index is -0.958. The molecule has 0 aromatic heterocycles. The Balaban J connectivity index is 3.18. The highest BCUT2D eigenvalue weighted by molar-refractivity contribution is 6.31. The molecule has 0 unspecified atom stereocenters. The minimum absolute atomic E-state index is 0.175. The number of halogens is 1. The molecule has 0 radical (unpaired) electrons. The van der Waals surface area contributed by atoms with Gasteiger partial charge in [0.1, 0.15) is 11.5 Å². The number of aliphatic carboxylic acids is 1. The van der Waals surface area contributed by atoms with E-state index in [-0.39, 0.29) is 6.42 Å². The van der Waals surface area contributed by atoms with E-state index in [0.717, 1.165) is 0 Å². The Morgan fingerprint density at radius 1 is 1.40 bits per heavy atom. The van der Waals surface area contributed by atoms with Gasteiger partial charge in [0.2, 0.25) is 0 Å². The van der Waals surface area contributed by atoms with Gasteiger partial charge in [0.25, 0.3) is 0 Å². The van der Waals surface area contributed by atoms with E-state index in [0.29, 0.717) is 22.1 Å². The molecule has 1 N–H and O–H groups in total. The van der Waals surface area contributed by atoms with Gasteiger partial charge in [-0.3, -0.25) is 4.79 Å². The van der Waals surface area contributed by atoms with Crippen LogP contribution >= 0.6 is 11.6 Å². The monoisotopic (exact) mass is 230 g/mol. The van der Waals surface area contributed by atoms with E-state index in [1.165, 1.54) is 14.2 Å². The molecule has 4 nitrogen and oxygen atoms in total. The standard InChI is InChI=1S/C10H11ClO4/c1-14-6-3-8(11)7(5-10(12)13)9(4-6)15-2/h3-4H,5H2,1-2H3,(H,12,13). The third-order valence-electron chi connectivity index (χ3n) is 1.91. The summed E-state index contributed by atoms with van der Waals surface area (Å²) >= 11 is 5.91. The topological polar surface area (TPSA) is 55.8 Å². The molecular weight excluding hydrogens is 220 g/mol. The van der Waals surface area contributed by atoms with Gasteiger partial charge < -0.3 is 14.6 Å². The fourth-order valence-corrected chi connectivity index (χ4v) is 1.48. The first-order valence-corrected chi connectivity index (χ1v) is 4.58. The van der Waals surface area contributed by atoms with Crippen LogP contribution in [-0.4, -0.2) is 25.3 Å². The summed E-state index contributed by atoms with van der Waals surface area (Å²) in [7, 11) is 2.96. The summed E-state index contributed by atoms with van der Waals surface area (Å²) in [4.78, 5) is 10.6. The summed E-state index contributed by atoms with van der Waals surface area (Å²) in [5.41, 5.74) is 0.451. The molecule has 0 atom stereocenters. The van der Waals surface area contributed by atoms with Crippen LogP contribution in [0.4, 0.5) is 0 Å². The van der Waals surface area contributed by atoms with Crippen LogP contribution in [0.25, 0.3) is 0 Å². The van der Waals surface area contributed by atoms with E-state index in [4.69, 9.17) is 26.2 Å². The second-order valence-electron chi connectivity index (χ2n) is 2.86. The first kappa shape index (κ1) is 11.7. The van der Waals surface area contributed by atoms with Gasteiger partial charge in [-0.05, 0) is 6.07 Å². The quantitative estimate of drug-likeness (QED) is 0.860. The van der Waals surface area contributed by atoms with Crippen LogP contribution in [-0.2, 0) is 11.2 Å². The van der Waals surface area contributed by atoms with Crippen molar-refractivity contribution >= 4 is 17.6 Å². The van der Waals surface area contributed by atoms with Crippen molar-refractivity contribution in [2.75, 3.05) is 14.2 Å². The van der Waals surface area contributed by atoms with Crippen LogP contribution < -0.4 is 9.47 Å². The first-order chi connectivity index (χ1) is 7.08. The predicted octanol–water partition coefficient (Wildman–Crippen LogP) is 1.98. The molecule has 0 spiro atoms. The highest BCUT2D eigenvalue weighted by atomic mass is 35.5. The molecular formula is C10H11ClO4.